The van der Waals surface area contributed by atoms with Gasteiger partial charge in [0.05, 0.1) is 6.04 Å². The second-order valence-corrected chi connectivity index (χ2v) is 4.77. The number of anilines is 1. The maximum atomic E-state index is 11.9. The summed E-state index contributed by atoms with van der Waals surface area (Å²) in [4.78, 5) is 11.9. The van der Waals surface area contributed by atoms with Gasteiger partial charge in [-0.2, -0.15) is 0 Å². The Morgan fingerprint density at radius 3 is 2.58 bits per heavy atom. The molecule has 0 fully saturated rings. The molecule has 1 amide bonds. The molecule has 0 radical (unpaired) electrons. The molecule has 1 aromatic carbocycles. The number of carbonyl (C=O) groups excluding carboxylic acids is 1. The van der Waals surface area contributed by atoms with Crippen molar-refractivity contribution in [2.24, 2.45) is 5.92 Å². The van der Waals surface area contributed by atoms with Crippen molar-refractivity contribution in [3.63, 3.8) is 0 Å². The minimum Gasteiger partial charge on any atom is -0.396 e. The topological polar surface area (TPSA) is 61.4 Å². The van der Waals surface area contributed by atoms with Crippen LogP contribution in [0.3, 0.4) is 0 Å². The first-order valence-corrected chi connectivity index (χ1v) is 6.87. The maximum Gasteiger partial charge on any atom is 0.241 e. The Labute approximate surface area is 115 Å². The molecule has 19 heavy (non-hydrogen) atoms. The highest BCUT2D eigenvalue weighted by Crippen LogP contribution is 2.08. The van der Waals surface area contributed by atoms with E-state index in [0.717, 1.165) is 25.1 Å². The Hall–Kier alpha value is -1.39. The number of para-hydroxylation sites is 1. The van der Waals surface area contributed by atoms with Gasteiger partial charge in [-0.3, -0.25) is 4.79 Å². The van der Waals surface area contributed by atoms with Crippen LogP contribution in [0.2, 0.25) is 0 Å². The van der Waals surface area contributed by atoms with Crippen molar-refractivity contribution in [1.82, 2.24) is 5.32 Å². The zero-order valence-corrected chi connectivity index (χ0v) is 11.7. The highest BCUT2D eigenvalue weighted by molar-refractivity contribution is 5.94. The lowest BCUT2D eigenvalue weighted by Crippen LogP contribution is -2.40. The number of amides is 1. The fourth-order valence-corrected chi connectivity index (χ4v) is 1.84. The molecular weight excluding hydrogens is 240 g/mol. The van der Waals surface area contributed by atoms with E-state index in [0.29, 0.717) is 5.92 Å². The zero-order chi connectivity index (χ0) is 14.1. The normalized spacial score (nSPS) is 13.8. The van der Waals surface area contributed by atoms with Crippen molar-refractivity contribution in [3.8, 4) is 0 Å². The molecule has 3 N–H and O–H groups in total. The second-order valence-electron chi connectivity index (χ2n) is 4.77. The SMILES string of the molecule is CCC(CCO)CNC(C)C(=O)Nc1ccccc1. The third-order valence-corrected chi connectivity index (χ3v) is 3.26. The standard InChI is InChI=1S/C15H24N2O2/c1-3-13(9-10-18)11-16-12(2)15(19)17-14-7-5-4-6-8-14/h4-8,12-13,16,18H,3,9-11H2,1-2H3,(H,17,19). The van der Waals surface area contributed by atoms with Crippen LogP contribution in [-0.2, 0) is 4.79 Å². The van der Waals surface area contributed by atoms with E-state index in [-0.39, 0.29) is 18.6 Å². The lowest BCUT2D eigenvalue weighted by atomic mass is 10.0. The van der Waals surface area contributed by atoms with Gasteiger partial charge in [0.25, 0.3) is 0 Å². The van der Waals surface area contributed by atoms with E-state index >= 15 is 0 Å². The summed E-state index contributed by atoms with van der Waals surface area (Å²) in [6.07, 6.45) is 1.77. The molecule has 2 atom stereocenters. The third kappa shape index (κ3) is 5.85. The lowest BCUT2D eigenvalue weighted by molar-refractivity contribution is -0.117. The fraction of sp³-hybridized carbons (Fsp3) is 0.533. The molecule has 0 aliphatic heterocycles. The van der Waals surface area contributed by atoms with Crippen molar-refractivity contribution in [3.05, 3.63) is 30.3 Å². The van der Waals surface area contributed by atoms with E-state index in [2.05, 4.69) is 17.6 Å². The Bertz CT molecular complexity index is 368. The van der Waals surface area contributed by atoms with Crippen molar-refractivity contribution < 1.29 is 9.90 Å². The minimum absolute atomic E-state index is 0.0370. The molecule has 1 rings (SSSR count). The molecule has 106 valence electrons. The first-order chi connectivity index (χ1) is 9.17. The summed E-state index contributed by atoms with van der Waals surface area (Å²) >= 11 is 0. The van der Waals surface area contributed by atoms with Crippen LogP contribution in [0.25, 0.3) is 0 Å². The molecule has 1 aromatic rings. The van der Waals surface area contributed by atoms with Gasteiger partial charge in [0.15, 0.2) is 0 Å². The predicted octanol–water partition coefficient (Wildman–Crippen LogP) is 2.01. The van der Waals surface area contributed by atoms with E-state index in [9.17, 15) is 4.79 Å². The first-order valence-electron chi connectivity index (χ1n) is 6.87. The number of nitrogens with one attached hydrogen (secondary N) is 2. The summed E-state index contributed by atoms with van der Waals surface area (Å²) in [5.41, 5.74) is 0.809. The van der Waals surface area contributed by atoms with Crippen LogP contribution in [0, 0.1) is 5.92 Å². The Morgan fingerprint density at radius 2 is 2.00 bits per heavy atom. The quantitative estimate of drug-likeness (QED) is 0.673. The van der Waals surface area contributed by atoms with Gasteiger partial charge in [-0.1, -0.05) is 31.5 Å². The summed E-state index contributed by atoms with van der Waals surface area (Å²) < 4.78 is 0. The van der Waals surface area contributed by atoms with Gasteiger partial charge in [-0.05, 0) is 37.9 Å². The van der Waals surface area contributed by atoms with Gasteiger partial charge < -0.3 is 15.7 Å². The van der Waals surface area contributed by atoms with Crippen molar-refractivity contribution >= 4 is 11.6 Å². The number of aliphatic hydroxyl groups excluding tert-OH is 1. The molecule has 0 spiro atoms. The predicted molar refractivity (Wildman–Crippen MR) is 78.0 cm³/mol. The van der Waals surface area contributed by atoms with E-state index in [4.69, 9.17) is 5.11 Å². The van der Waals surface area contributed by atoms with Crippen molar-refractivity contribution in [2.75, 3.05) is 18.5 Å². The fourth-order valence-electron chi connectivity index (χ4n) is 1.84. The van der Waals surface area contributed by atoms with Gasteiger partial charge in [-0.25, -0.2) is 0 Å². The molecule has 0 saturated heterocycles. The van der Waals surface area contributed by atoms with Crippen LogP contribution in [-0.4, -0.2) is 30.2 Å². The number of aliphatic hydroxyl groups is 1. The minimum atomic E-state index is -0.243. The summed E-state index contributed by atoms with van der Waals surface area (Å²) in [5.74, 6) is 0.377. The van der Waals surface area contributed by atoms with Crippen LogP contribution in [0.15, 0.2) is 30.3 Å². The highest BCUT2D eigenvalue weighted by Gasteiger charge is 2.14. The molecular formula is C15H24N2O2. The summed E-state index contributed by atoms with van der Waals surface area (Å²) in [6.45, 7) is 4.89. The molecule has 0 bridgehead atoms. The number of carbonyl (C=O) groups is 1. The van der Waals surface area contributed by atoms with Gasteiger partial charge in [0.1, 0.15) is 0 Å². The number of rotatable bonds is 8. The van der Waals surface area contributed by atoms with Gasteiger partial charge in [0, 0.05) is 12.3 Å². The molecule has 0 heterocycles. The van der Waals surface area contributed by atoms with E-state index in [1.54, 1.807) is 0 Å². The largest absolute Gasteiger partial charge is 0.396 e. The maximum absolute atomic E-state index is 11.9. The molecule has 0 aliphatic rings. The molecule has 0 saturated carbocycles. The summed E-state index contributed by atoms with van der Waals surface area (Å²) in [7, 11) is 0. The van der Waals surface area contributed by atoms with Crippen molar-refractivity contribution in [2.45, 2.75) is 32.7 Å². The van der Waals surface area contributed by atoms with Crippen LogP contribution in [0.4, 0.5) is 5.69 Å². The number of hydrogen-bond acceptors (Lipinski definition) is 3. The second kappa shape index (κ2) is 8.67. The zero-order valence-electron chi connectivity index (χ0n) is 11.7. The van der Waals surface area contributed by atoms with E-state index in [1.165, 1.54) is 0 Å². The third-order valence-electron chi connectivity index (χ3n) is 3.26. The Kier molecular flexibility index (Phi) is 7.15. The number of hydrogen-bond donors (Lipinski definition) is 3. The monoisotopic (exact) mass is 264 g/mol. The van der Waals surface area contributed by atoms with Crippen LogP contribution >= 0.6 is 0 Å². The van der Waals surface area contributed by atoms with Crippen LogP contribution < -0.4 is 10.6 Å². The van der Waals surface area contributed by atoms with Gasteiger partial charge in [0.2, 0.25) is 5.91 Å². The summed E-state index contributed by atoms with van der Waals surface area (Å²) in [5, 5.41) is 15.0. The molecule has 4 heteroatoms. The van der Waals surface area contributed by atoms with Crippen LogP contribution in [0.1, 0.15) is 26.7 Å². The smallest absolute Gasteiger partial charge is 0.241 e. The number of benzene rings is 1. The average Bonchev–Trinajstić information content (AvgIpc) is 2.44. The molecule has 0 aromatic heterocycles. The highest BCUT2D eigenvalue weighted by atomic mass is 16.3. The van der Waals surface area contributed by atoms with Crippen LogP contribution in [0.5, 0.6) is 0 Å². The Balaban J connectivity index is 2.36. The van der Waals surface area contributed by atoms with E-state index < -0.39 is 0 Å². The lowest BCUT2D eigenvalue weighted by Gasteiger charge is -2.18. The van der Waals surface area contributed by atoms with E-state index in [1.807, 2.05) is 37.3 Å². The molecule has 2 unspecified atom stereocenters. The first kappa shape index (κ1) is 15.7. The Morgan fingerprint density at radius 1 is 1.32 bits per heavy atom. The molecule has 0 aliphatic carbocycles. The van der Waals surface area contributed by atoms with Crippen molar-refractivity contribution in [1.29, 1.82) is 0 Å². The van der Waals surface area contributed by atoms with Gasteiger partial charge in [-0.15, -0.1) is 0 Å². The average molecular weight is 264 g/mol. The molecule has 4 nitrogen and oxygen atoms in total. The van der Waals surface area contributed by atoms with Gasteiger partial charge >= 0.3 is 0 Å². The summed E-state index contributed by atoms with van der Waals surface area (Å²) in [6, 6.07) is 9.19.